The first-order valence-electron chi connectivity index (χ1n) is 5.41. The van der Waals surface area contributed by atoms with Gasteiger partial charge in [0.1, 0.15) is 11.5 Å². The van der Waals surface area contributed by atoms with Gasteiger partial charge in [0.15, 0.2) is 0 Å². The van der Waals surface area contributed by atoms with Crippen molar-refractivity contribution in [3.63, 3.8) is 0 Å². The molecule has 0 aromatic heterocycles. The number of hydrogen-bond acceptors (Lipinski definition) is 3. The van der Waals surface area contributed by atoms with Gasteiger partial charge >= 0.3 is 0 Å². The zero-order valence-corrected chi connectivity index (χ0v) is 11.7. The average Bonchev–Trinajstić information content (AvgIpc) is 2.28. The van der Waals surface area contributed by atoms with Crippen LogP contribution < -0.4 is 9.47 Å². The molecule has 96 valence electrons. The predicted molar refractivity (Wildman–Crippen MR) is 69.4 cm³/mol. The van der Waals surface area contributed by atoms with E-state index in [0.29, 0.717) is 16.5 Å². The number of benzene rings is 1. The van der Waals surface area contributed by atoms with Crippen LogP contribution in [0.3, 0.4) is 0 Å². The number of halogens is 1. The third-order valence-electron chi connectivity index (χ3n) is 2.87. The third-order valence-corrected chi connectivity index (χ3v) is 3.23. The molecule has 4 heteroatoms. The minimum Gasteiger partial charge on any atom is -0.496 e. The van der Waals surface area contributed by atoms with Crippen LogP contribution in [0.5, 0.6) is 11.5 Å². The molecular weight excluding hydrogens is 240 g/mol. The zero-order valence-electron chi connectivity index (χ0n) is 10.9. The Morgan fingerprint density at radius 3 is 2.29 bits per heavy atom. The summed E-state index contributed by atoms with van der Waals surface area (Å²) < 4.78 is 10.6. The second-order valence-corrected chi connectivity index (χ2v) is 5.04. The van der Waals surface area contributed by atoms with Crippen LogP contribution in [0.25, 0.3) is 0 Å². The molecule has 0 saturated carbocycles. The maximum Gasteiger partial charge on any atom is 0.140 e. The molecule has 0 bridgehead atoms. The molecule has 1 rings (SSSR count). The van der Waals surface area contributed by atoms with Gasteiger partial charge in [0.25, 0.3) is 0 Å². The van der Waals surface area contributed by atoms with Crippen LogP contribution in [0.4, 0.5) is 0 Å². The Labute approximate surface area is 107 Å². The molecule has 3 nitrogen and oxygen atoms in total. The summed E-state index contributed by atoms with van der Waals surface area (Å²) in [5, 5.41) is 9.97. The van der Waals surface area contributed by atoms with Crippen molar-refractivity contribution >= 4 is 11.6 Å². The molecule has 0 aliphatic rings. The quantitative estimate of drug-likeness (QED) is 0.903. The van der Waals surface area contributed by atoms with Gasteiger partial charge in [-0.1, -0.05) is 25.4 Å². The highest BCUT2D eigenvalue weighted by Crippen LogP contribution is 2.43. The van der Waals surface area contributed by atoms with Gasteiger partial charge in [-0.3, -0.25) is 0 Å². The molecule has 0 aliphatic heterocycles. The van der Waals surface area contributed by atoms with Gasteiger partial charge in [0.05, 0.1) is 25.8 Å². The maximum absolute atomic E-state index is 9.47. The fraction of sp³-hybridized carbons (Fsp3) is 0.538. The lowest BCUT2D eigenvalue weighted by molar-refractivity contribution is 0.214. The second-order valence-electron chi connectivity index (χ2n) is 4.66. The highest BCUT2D eigenvalue weighted by molar-refractivity contribution is 6.33. The molecule has 0 spiro atoms. The summed E-state index contributed by atoms with van der Waals surface area (Å²) in [4.78, 5) is 0. The summed E-state index contributed by atoms with van der Waals surface area (Å²) in [5.74, 6) is 1.30. The van der Waals surface area contributed by atoms with E-state index < -0.39 is 5.41 Å². The van der Waals surface area contributed by atoms with Gasteiger partial charge < -0.3 is 14.6 Å². The number of ether oxygens (including phenoxy) is 2. The summed E-state index contributed by atoms with van der Waals surface area (Å²) in [5.41, 5.74) is 1.20. The molecule has 0 amide bonds. The molecule has 1 N–H and O–H groups in total. The first-order valence-corrected chi connectivity index (χ1v) is 5.79. The molecule has 0 heterocycles. The number of hydrogen-bond donors (Lipinski definition) is 1. The van der Waals surface area contributed by atoms with Crippen LogP contribution >= 0.6 is 11.6 Å². The van der Waals surface area contributed by atoms with Crippen molar-refractivity contribution in [3.05, 3.63) is 22.2 Å². The van der Waals surface area contributed by atoms with E-state index in [1.807, 2.05) is 26.8 Å². The highest BCUT2D eigenvalue weighted by atomic mass is 35.5. The smallest absolute Gasteiger partial charge is 0.140 e. The Balaban J connectivity index is 3.56. The lowest BCUT2D eigenvalue weighted by Crippen LogP contribution is -2.23. The van der Waals surface area contributed by atoms with Gasteiger partial charge in [-0.15, -0.1) is 0 Å². The normalized spacial score (nSPS) is 11.5. The van der Waals surface area contributed by atoms with E-state index in [-0.39, 0.29) is 6.61 Å². The Kier molecular flexibility index (Phi) is 4.28. The fourth-order valence-electron chi connectivity index (χ4n) is 1.85. The van der Waals surface area contributed by atoms with Crippen LogP contribution in [0.1, 0.15) is 25.0 Å². The molecule has 0 saturated heterocycles. The van der Waals surface area contributed by atoms with E-state index in [1.165, 1.54) is 0 Å². The van der Waals surface area contributed by atoms with E-state index in [2.05, 4.69) is 0 Å². The van der Waals surface area contributed by atoms with Crippen LogP contribution in [0.2, 0.25) is 5.02 Å². The van der Waals surface area contributed by atoms with Crippen molar-refractivity contribution < 1.29 is 14.6 Å². The van der Waals surface area contributed by atoms with Crippen LogP contribution in [-0.2, 0) is 5.41 Å². The standard InChI is InChI=1S/C13H19ClO3/c1-8-6-9(16-4)10(13(2,3)7-15)11(14)12(8)17-5/h6,15H,7H2,1-5H3. The Morgan fingerprint density at radius 2 is 1.88 bits per heavy atom. The molecule has 0 atom stereocenters. The Hall–Kier alpha value is -0.930. The van der Waals surface area contributed by atoms with E-state index in [4.69, 9.17) is 21.1 Å². The van der Waals surface area contributed by atoms with Crippen molar-refractivity contribution in [3.8, 4) is 11.5 Å². The number of methoxy groups -OCH3 is 2. The van der Waals surface area contributed by atoms with Crippen molar-refractivity contribution in [1.82, 2.24) is 0 Å². The van der Waals surface area contributed by atoms with Crippen LogP contribution in [0, 0.1) is 6.92 Å². The van der Waals surface area contributed by atoms with E-state index >= 15 is 0 Å². The molecule has 0 unspecified atom stereocenters. The number of aryl methyl sites for hydroxylation is 1. The fourth-order valence-corrected chi connectivity index (χ4v) is 2.43. The monoisotopic (exact) mass is 258 g/mol. The number of aliphatic hydroxyl groups is 1. The lowest BCUT2D eigenvalue weighted by atomic mass is 9.84. The molecule has 1 aromatic rings. The third kappa shape index (κ3) is 2.50. The highest BCUT2D eigenvalue weighted by Gasteiger charge is 2.29. The van der Waals surface area contributed by atoms with Crippen molar-refractivity contribution in [2.75, 3.05) is 20.8 Å². The molecule has 17 heavy (non-hydrogen) atoms. The second kappa shape index (κ2) is 5.15. The van der Waals surface area contributed by atoms with Gasteiger partial charge in [-0.25, -0.2) is 0 Å². The van der Waals surface area contributed by atoms with Crippen LogP contribution in [0.15, 0.2) is 6.07 Å². The molecule has 0 fully saturated rings. The van der Waals surface area contributed by atoms with E-state index in [0.717, 1.165) is 11.1 Å². The van der Waals surface area contributed by atoms with Gasteiger partial charge in [0.2, 0.25) is 0 Å². The summed E-state index contributed by atoms with van der Waals surface area (Å²) in [6.07, 6.45) is 0. The van der Waals surface area contributed by atoms with Gasteiger partial charge in [-0.05, 0) is 18.6 Å². The average molecular weight is 259 g/mol. The minimum absolute atomic E-state index is 0.0186. The topological polar surface area (TPSA) is 38.7 Å². The van der Waals surface area contributed by atoms with Crippen molar-refractivity contribution in [2.45, 2.75) is 26.2 Å². The predicted octanol–water partition coefficient (Wildman–Crippen LogP) is 2.94. The summed E-state index contributed by atoms with van der Waals surface area (Å²) >= 11 is 6.35. The summed E-state index contributed by atoms with van der Waals surface area (Å²) in [7, 11) is 3.17. The maximum atomic E-state index is 9.47. The number of rotatable bonds is 4. The zero-order chi connectivity index (χ0) is 13.2. The summed E-state index contributed by atoms with van der Waals surface area (Å²) in [6.45, 7) is 5.70. The van der Waals surface area contributed by atoms with Crippen LogP contribution in [-0.4, -0.2) is 25.9 Å². The molecule has 0 aliphatic carbocycles. The van der Waals surface area contributed by atoms with E-state index in [9.17, 15) is 5.11 Å². The summed E-state index contributed by atoms with van der Waals surface area (Å²) in [6, 6.07) is 1.87. The van der Waals surface area contributed by atoms with Crippen molar-refractivity contribution in [2.24, 2.45) is 0 Å². The molecule has 0 radical (unpaired) electrons. The van der Waals surface area contributed by atoms with Gasteiger partial charge in [-0.2, -0.15) is 0 Å². The first-order chi connectivity index (χ1) is 7.88. The molecular formula is C13H19ClO3. The molecule has 1 aromatic carbocycles. The Bertz CT molecular complexity index is 414. The van der Waals surface area contributed by atoms with E-state index in [1.54, 1.807) is 14.2 Å². The minimum atomic E-state index is -0.483. The SMILES string of the molecule is COc1cc(C)c(OC)c(Cl)c1C(C)(C)CO. The number of aliphatic hydroxyl groups excluding tert-OH is 1. The van der Waals surface area contributed by atoms with Crippen molar-refractivity contribution in [1.29, 1.82) is 0 Å². The lowest BCUT2D eigenvalue weighted by Gasteiger charge is -2.27. The Morgan fingerprint density at radius 1 is 1.29 bits per heavy atom. The van der Waals surface area contributed by atoms with Gasteiger partial charge in [0, 0.05) is 11.0 Å². The largest absolute Gasteiger partial charge is 0.496 e. The first kappa shape index (κ1) is 14.1.